The molecule has 2 rings (SSSR count). The van der Waals surface area contributed by atoms with Crippen LogP contribution in [0.1, 0.15) is 0 Å². The van der Waals surface area contributed by atoms with Crippen LogP contribution in [0.2, 0.25) is 5.02 Å². The zero-order valence-corrected chi connectivity index (χ0v) is 11.3. The molecule has 1 aromatic heterocycles. The van der Waals surface area contributed by atoms with Crippen LogP contribution in [0, 0.1) is 3.57 Å². The van der Waals surface area contributed by atoms with Gasteiger partial charge in [0.1, 0.15) is 0 Å². The van der Waals surface area contributed by atoms with Gasteiger partial charge in [0.05, 0.1) is 28.6 Å². The van der Waals surface area contributed by atoms with Gasteiger partial charge in [0.15, 0.2) is 0 Å². The quantitative estimate of drug-likeness (QED) is 0.866. The number of benzene rings is 1. The van der Waals surface area contributed by atoms with Crippen LogP contribution in [-0.2, 0) is 6.54 Å². The van der Waals surface area contributed by atoms with Gasteiger partial charge in [-0.05, 0) is 28.7 Å². The first-order chi connectivity index (χ1) is 7.74. The minimum atomic E-state index is 0.0647. The average Bonchev–Trinajstić information content (AvgIpc) is 2.62. The lowest BCUT2D eigenvalue weighted by Gasteiger charge is -2.08. The van der Waals surface area contributed by atoms with Crippen LogP contribution in [-0.4, -0.2) is 21.5 Å². The standard InChI is InChI=1S/C11H10ClIN2O/c12-9-4-2-1-3-8(9)11-10(13)7-14-15(11)5-6-16/h1-4,7,16H,5-6H2. The van der Waals surface area contributed by atoms with Crippen molar-refractivity contribution >= 4 is 34.2 Å². The van der Waals surface area contributed by atoms with Gasteiger partial charge >= 0.3 is 0 Å². The Balaban J connectivity index is 2.54. The van der Waals surface area contributed by atoms with E-state index in [0.29, 0.717) is 11.6 Å². The third-order valence-electron chi connectivity index (χ3n) is 2.24. The molecule has 3 nitrogen and oxygen atoms in total. The minimum absolute atomic E-state index is 0.0647. The molecule has 0 atom stereocenters. The highest BCUT2D eigenvalue weighted by molar-refractivity contribution is 14.1. The van der Waals surface area contributed by atoms with Crippen molar-refractivity contribution in [3.05, 3.63) is 39.1 Å². The largest absolute Gasteiger partial charge is 0.394 e. The Labute approximate surface area is 112 Å². The lowest BCUT2D eigenvalue weighted by atomic mass is 10.1. The van der Waals surface area contributed by atoms with Crippen molar-refractivity contribution < 1.29 is 5.11 Å². The zero-order chi connectivity index (χ0) is 11.5. The van der Waals surface area contributed by atoms with Gasteiger partial charge in [-0.25, -0.2) is 0 Å². The van der Waals surface area contributed by atoms with Crippen molar-refractivity contribution in [2.45, 2.75) is 6.54 Å². The molecule has 0 unspecified atom stereocenters. The minimum Gasteiger partial charge on any atom is -0.394 e. The molecule has 0 amide bonds. The first kappa shape index (κ1) is 11.9. The van der Waals surface area contributed by atoms with Crippen molar-refractivity contribution in [3.8, 4) is 11.3 Å². The second-order valence-corrected chi connectivity index (χ2v) is 4.84. The Kier molecular flexibility index (Phi) is 3.83. The zero-order valence-electron chi connectivity index (χ0n) is 8.40. The molecule has 0 aliphatic rings. The number of rotatable bonds is 3. The van der Waals surface area contributed by atoms with Gasteiger partial charge in [-0.3, -0.25) is 4.68 Å². The molecular weight excluding hydrogens is 338 g/mol. The smallest absolute Gasteiger partial charge is 0.0831 e. The summed E-state index contributed by atoms with van der Waals surface area (Å²) in [6.07, 6.45) is 1.77. The normalized spacial score (nSPS) is 10.7. The highest BCUT2D eigenvalue weighted by atomic mass is 127. The van der Waals surface area contributed by atoms with Gasteiger partial charge in [0, 0.05) is 10.6 Å². The summed E-state index contributed by atoms with van der Waals surface area (Å²) in [6, 6.07) is 7.64. The van der Waals surface area contributed by atoms with Crippen LogP contribution in [0.5, 0.6) is 0 Å². The van der Waals surface area contributed by atoms with Crippen LogP contribution in [0.3, 0.4) is 0 Å². The van der Waals surface area contributed by atoms with Crippen LogP contribution in [0.25, 0.3) is 11.3 Å². The fourth-order valence-electron chi connectivity index (χ4n) is 1.55. The van der Waals surface area contributed by atoms with Crippen molar-refractivity contribution in [2.24, 2.45) is 0 Å². The number of halogens is 2. The lowest BCUT2D eigenvalue weighted by molar-refractivity contribution is 0.270. The molecule has 0 saturated carbocycles. The van der Waals surface area contributed by atoms with Crippen LogP contribution < -0.4 is 0 Å². The molecule has 0 aliphatic heterocycles. The van der Waals surface area contributed by atoms with E-state index in [1.807, 2.05) is 24.3 Å². The Morgan fingerprint density at radius 1 is 1.38 bits per heavy atom. The highest BCUT2D eigenvalue weighted by Crippen LogP contribution is 2.30. The summed E-state index contributed by atoms with van der Waals surface area (Å²) in [7, 11) is 0. The summed E-state index contributed by atoms with van der Waals surface area (Å²) in [5, 5.41) is 13.9. The monoisotopic (exact) mass is 348 g/mol. The molecular formula is C11H10ClIN2O. The SMILES string of the molecule is OCCn1ncc(I)c1-c1ccccc1Cl. The van der Waals surface area contributed by atoms with Crippen LogP contribution in [0.15, 0.2) is 30.5 Å². The highest BCUT2D eigenvalue weighted by Gasteiger charge is 2.13. The maximum Gasteiger partial charge on any atom is 0.0831 e. The second-order valence-electron chi connectivity index (χ2n) is 3.27. The van der Waals surface area contributed by atoms with E-state index in [4.69, 9.17) is 16.7 Å². The molecule has 0 bridgehead atoms. The Bertz CT molecular complexity index is 498. The molecule has 0 fully saturated rings. The molecule has 0 spiro atoms. The van der Waals surface area contributed by atoms with Gasteiger partial charge in [0.2, 0.25) is 0 Å². The molecule has 84 valence electrons. The maximum absolute atomic E-state index is 8.97. The molecule has 1 N–H and O–H groups in total. The fraction of sp³-hybridized carbons (Fsp3) is 0.182. The Hall–Kier alpha value is -0.590. The van der Waals surface area contributed by atoms with Crippen LogP contribution >= 0.6 is 34.2 Å². The van der Waals surface area contributed by atoms with Gasteiger partial charge in [-0.1, -0.05) is 29.8 Å². The van der Waals surface area contributed by atoms with E-state index >= 15 is 0 Å². The molecule has 1 aromatic carbocycles. The number of hydrogen-bond acceptors (Lipinski definition) is 2. The molecule has 0 saturated heterocycles. The number of nitrogens with zero attached hydrogens (tertiary/aromatic N) is 2. The summed E-state index contributed by atoms with van der Waals surface area (Å²) >= 11 is 8.37. The number of hydrogen-bond donors (Lipinski definition) is 1. The predicted octanol–water partition coefficient (Wildman–Crippen LogP) is 2.80. The molecule has 0 aliphatic carbocycles. The van der Waals surface area contributed by atoms with Crippen LogP contribution in [0.4, 0.5) is 0 Å². The van der Waals surface area contributed by atoms with E-state index in [2.05, 4.69) is 27.7 Å². The Morgan fingerprint density at radius 3 is 2.81 bits per heavy atom. The van der Waals surface area contributed by atoms with Gasteiger partial charge in [-0.2, -0.15) is 5.10 Å². The fourth-order valence-corrected chi connectivity index (χ4v) is 2.47. The predicted molar refractivity (Wildman–Crippen MR) is 72.5 cm³/mol. The first-order valence-electron chi connectivity index (χ1n) is 4.81. The van der Waals surface area contributed by atoms with Crippen molar-refractivity contribution in [1.82, 2.24) is 9.78 Å². The van der Waals surface area contributed by atoms with Gasteiger partial charge in [-0.15, -0.1) is 0 Å². The molecule has 0 radical (unpaired) electrons. The van der Waals surface area contributed by atoms with E-state index in [1.54, 1.807) is 10.9 Å². The summed E-state index contributed by atoms with van der Waals surface area (Å²) in [5.74, 6) is 0. The maximum atomic E-state index is 8.97. The first-order valence-corrected chi connectivity index (χ1v) is 6.26. The molecule has 2 aromatic rings. The Morgan fingerprint density at radius 2 is 2.12 bits per heavy atom. The molecule has 1 heterocycles. The summed E-state index contributed by atoms with van der Waals surface area (Å²) in [5.41, 5.74) is 1.90. The number of aliphatic hydroxyl groups excluding tert-OH is 1. The van der Waals surface area contributed by atoms with E-state index in [-0.39, 0.29) is 6.61 Å². The third kappa shape index (κ3) is 2.23. The van der Waals surface area contributed by atoms with Gasteiger partial charge < -0.3 is 5.11 Å². The van der Waals surface area contributed by atoms with Crippen molar-refractivity contribution in [2.75, 3.05) is 6.61 Å². The second kappa shape index (κ2) is 5.16. The third-order valence-corrected chi connectivity index (χ3v) is 3.35. The summed E-state index contributed by atoms with van der Waals surface area (Å²) in [6.45, 7) is 0.540. The summed E-state index contributed by atoms with van der Waals surface area (Å²) < 4.78 is 2.79. The summed E-state index contributed by atoms with van der Waals surface area (Å²) in [4.78, 5) is 0. The molecule has 16 heavy (non-hydrogen) atoms. The number of aromatic nitrogens is 2. The average molecular weight is 349 g/mol. The molecule has 5 heteroatoms. The number of aliphatic hydroxyl groups is 1. The van der Waals surface area contributed by atoms with Crippen molar-refractivity contribution in [1.29, 1.82) is 0 Å². The van der Waals surface area contributed by atoms with Gasteiger partial charge in [0.25, 0.3) is 0 Å². The lowest BCUT2D eigenvalue weighted by Crippen LogP contribution is -2.06. The van der Waals surface area contributed by atoms with Crippen molar-refractivity contribution in [3.63, 3.8) is 0 Å². The topological polar surface area (TPSA) is 38.0 Å². The van der Waals surface area contributed by atoms with E-state index < -0.39 is 0 Å². The van der Waals surface area contributed by atoms with E-state index in [1.165, 1.54) is 0 Å². The van der Waals surface area contributed by atoms with E-state index in [0.717, 1.165) is 14.8 Å². The van der Waals surface area contributed by atoms with E-state index in [9.17, 15) is 0 Å².